The summed E-state index contributed by atoms with van der Waals surface area (Å²) in [5.41, 5.74) is 12.3. The quantitative estimate of drug-likeness (QED) is 0.102. The van der Waals surface area contributed by atoms with Crippen molar-refractivity contribution in [2.24, 2.45) is 16.5 Å². The standard InChI is InChI=1S/C12H28N5O5P/c1-3-21-23(20,22-4-2)9-16-11(18)10(17-19)7-5-6-8-15-12(13)14/h10,17,19H,3-9H2,1-2H3,(H,16,18)(H4,13,14,15)/t10-/m0/s1. The normalized spacial score (nSPS) is 12.7. The lowest BCUT2D eigenvalue weighted by Crippen LogP contribution is -2.43. The summed E-state index contributed by atoms with van der Waals surface area (Å²) in [6, 6.07) is -0.828. The van der Waals surface area contributed by atoms with E-state index >= 15 is 0 Å². The second kappa shape index (κ2) is 12.3. The third-order valence-corrected chi connectivity index (χ3v) is 4.61. The molecule has 0 bridgehead atoms. The first-order valence-corrected chi connectivity index (χ1v) is 9.22. The van der Waals surface area contributed by atoms with Crippen LogP contribution in [0, 0.1) is 0 Å². The van der Waals surface area contributed by atoms with Gasteiger partial charge in [-0.25, -0.2) is 0 Å². The Balaban J connectivity index is 4.27. The van der Waals surface area contributed by atoms with Crippen LogP contribution in [0.15, 0.2) is 4.99 Å². The van der Waals surface area contributed by atoms with Crippen LogP contribution in [-0.2, 0) is 18.4 Å². The number of carbonyl (C=O) groups is 1. The number of amides is 1. The van der Waals surface area contributed by atoms with Crippen LogP contribution in [-0.4, -0.2) is 49.2 Å². The number of nitrogens with one attached hydrogen (secondary N) is 2. The Morgan fingerprint density at radius 2 is 1.87 bits per heavy atom. The number of rotatable bonds is 13. The zero-order valence-electron chi connectivity index (χ0n) is 13.7. The van der Waals surface area contributed by atoms with Gasteiger partial charge in [-0.2, -0.15) is 5.48 Å². The van der Waals surface area contributed by atoms with Gasteiger partial charge in [0.1, 0.15) is 12.3 Å². The molecule has 0 heterocycles. The summed E-state index contributed by atoms with van der Waals surface area (Å²) in [6.07, 6.45) is 1.41. The molecule has 0 aromatic rings. The lowest BCUT2D eigenvalue weighted by Gasteiger charge is -2.19. The Kier molecular flexibility index (Phi) is 11.6. The van der Waals surface area contributed by atoms with Crippen LogP contribution in [0.25, 0.3) is 0 Å². The number of hydrogen-bond acceptors (Lipinski definition) is 7. The third kappa shape index (κ3) is 10.2. The molecule has 0 spiro atoms. The lowest BCUT2D eigenvalue weighted by atomic mass is 10.1. The Labute approximate surface area is 136 Å². The lowest BCUT2D eigenvalue weighted by molar-refractivity contribution is -0.125. The molecule has 0 fully saturated rings. The molecule has 0 unspecified atom stereocenters. The minimum Gasteiger partial charge on any atom is -0.370 e. The smallest absolute Gasteiger partial charge is 0.349 e. The number of nitrogens with two attached hydrogens (primary N) is 2. The molecule has 10 nitrogen and oxygen atoms in total. The summed E-state index contributed by atoms with van der Waals surface area (Å²) in [6.45, 7) is 4.23. The fraction of sp³-hybridized carbons (Fsp3) is 0.833. The van der Waals surface area contributed by atoms with Crippen molar-refractivity contribution < 1.29 is 23.6 Å². The first-order chi connectivity index (χ1) is 10.9. The van der Waals surface area contributed by atoms with Gasteiger partial charge in [0.05, 0.1) is 13.2 Å². The molecule has 0 rings (SSSR count). The maximum absolute atomic E-state index is 12.2. The Morgan fingerprint density at radius 3 is 2.35 bits per heavy atom. The number of guanidine groups is 1. The van der Waals surface area contributed by atoms with E-state index in [-0.39, 0.29) is 25.5 Å². The minimum atomic E-state index is -3.36. The van der Waals surface area contributed by atoms with Gasteiger partial charge in [0.15, 0.2) is 5.96 Å². The number of aliphatic imine (C=N–C) groups is 1. The highest BCUT2D eigenvalue weighted by Crippen LogP contribution is 2.46. The molecule has 0 aliphatic carbocycles. The predicted octanol–water partition coefficient (Wildman–Crippen LogP) is 0.117. The molecule has 0 aromatic carbocycles. The zero-order chi connectivity index (χ0) is 17.7. The van der Waals surface area contributed by atoms with Gasteiger partial charge in [0.25, 0.3) is 0 Å². The highest BCUT2D eigenvalue weighted by molar-refractivity contribution is 7.53. The molecule has 0 saturated heterocycles. The summed E-state index contributed by atoms with van der Waals surface area (Å²) in [5, 5.41) is 11.5. The van der Waals surface area contributed by atoms with Gasteiger partial charge in [0, 0.05) is 6.54 Å². The molecule has 1 atom stereocenters. The molecule has 0 aliphatic heterocycles. The minimum absolute atomic E-state index is 0.0159. The second-order valence-electron chi connectivity index (χ2n) is 4.63. The topological polar surface area (TPSA) is 161 Å². The molecule has 0 aromatic heterocycles. The SMILES string of the molecule is CCOP(=O)(CNC(=O)[C@H](CCCCN=C(N)N)NO)OCC. The monoisotopic (exact) mass is 353 g/mol. The number of hydroxylamine groups is 1. The average molecular weight is 353 g/mol. The van der Waals surface area contributed by atoms with Crippen molar-refractivity contribution in [2.45, 2.75) is 39.2 Å². The van der Waals surface area contributed by atoms with Crippen LogP contribution >= 0.6 is 7.60 Å². The number of nitrogens with zero attached hydrogens (tertiary/aromatic N) is 1. The van der Waals surface area contributed by atoms with Crippen LogP contribution < -0.4 is 22.3 Å². The van der Waals surface area contributed by atoms with Crippen LogP contribution in [0.4, 0.5) is 0 Å². The zero-order valence-corrected chi connectivity index (χ0v) is 14.6. The summed E-state index contributed by atoms with van der Waals surface area (Å²) in [7, 11) is -3.36. The summed E-state index contributed by atoms with van der Waals surface area (Å²) in [4.78, 5) is 15.8. The summed E-state index contributed by atoms with van der Waals surface area (Å²) in [5.74, 6) is -0.476. The average Bonchev–Trinajstić information content (AvgIpc) is 2.49. The van der Waals surface area contributed by atoms with Gasteiger partial charge in [-0.1, -0.05) is 0 Å². The van der Waals surface area contributed by atoms with Gasteiger partial charge < -0.3 is 31.0 Å². The molecule has 0 aliphatic rings. The number of carbonyl (C=O) groups excluding carboxylic acids is 1. The molecule has 23 heavy (non-hydrogen) atoms. The van der Waals surface area contributed by atoms with E-state index in [0.717, 1.165) is 0 Å². The van der Waals surface area contributed by atoms with Crippen LogP contribution in [0.3, 0.4) is 0 Å². The highest BCUT2D eigenvalue weighted by atomic mass is 31.2. The van der Waals surface area contributed by atoms with Gasteiger partial charge in [-0.3, -0.25) is 14.4 Å². The fourth-order valence-electron chi connectivity index (χ4n) is 1.74. The Bertz CT molecular complexity index is 407. The summed E-state index contributed by atoms with van der Waals surface area (Å²) >= 11 is 0. The van der Waals surface area contributed by atoms with Gasteiger partial charge in [-0.15, -0.1) is 0 Å². The van der Waals surface area contributed by atoms with Crippen molar-refractivity contribution in [1.82, 2.24) is 10.8 Å². The van der Waals surface area contributed by atoms with Gasteiger partial charge in [-0.05, 0) is 33.1 Å². The van der Waals surface area contributed by atoms with Crippen LogP contribution in [0.2, 0.25) is 0 Å². The molecular formula is C12H28N5O5P. The molecular weight excluding hydrogens is 325 g/mol. The van der Waals surface area contributed by atoms with E-state index in [1.54, 1.807) is 13.8 Å². The third-order valence-electron chi connectivity index (χ3n) is 2.77. The van der Waals surface area contributed by atoms with Crippen molar-refractivity contribution in [2.75, 3.05) is 26.0 Å². The van der Waals surface area contributed by atoms with E-state index in [1.165, 1.54) is 0 Å². The largest absolute Gasteiger partial charge is 0.370 e. The van der Waals surface area contributed by atoms with Crippen molar-refractivity contribution in [3.8, 4) is 0 Å². The van der Waals surface area contributed by atoms with E-state index in [0.29, 0.717) is 25.8 Å². The van der Waals surface area contributed by atoms with Crippen LogP contribution in [0.1, 0.15) is 33.1 Å². The van der Waals surface area contributed by atoms with E-state index in [2.05, 4.69) is 10.3 Å². The van der Waals surface area contributed by atoms with Gasteiger partial charge in [0.2, 0.25) is 5.91 Å². The first-order valence-electron chi connectivity index (χ1n) is 7.49. The maximum Gasteiger partial charge on any atom is 0.349 e. The van der Waals surface area contributed by atoms with Crippen molar-refractivity contribution in [1.29, 1.82) is 0 Å². The number of unbranched alkanes of at least 4 members (excludes halogenated alkanes) is 1. The Morgan fingerprint density at radius 1 is 1.26 bits per heavy atom. The second-order valence-corrected chi connectivity index (χ2v) is 6.68. The van der Waals surface area contributed by atoms with E-state index in [1.807, 2.05) is 5.48 Å². The van der Waals surface area contributed by atoms with Crippen molar-refractivity contribution in [3.63, 3.8) is 0 Å². The van der Waals surface area contributed by atoms with E-state index in [9.17, 15) is 9.36 Å². The van der Waals surface area contributed by atoms with E-state index in [4.69, 9.17) is 25.7 Å². The van der Waals surface area contributed by atoms with Crippen molar-refractivity contribution in [3.05, 3.63) is 0 Å². The Hall–Kier alpha value is -1.19. The van der Waals surface area contributed by atoms with Crippen molar-refractivity contribution >= 4 is 19.5 Å². The van der Waals surface area contributed by atoms with Crippen LogP contribution in [0.5, 0.6) is 0 Å². The highest BCUT2D eigenvalue weighted by Gasteiger charge is 2.26. The van der Waals surface area contributed by atoms with Gasteiger partial charge >= 0.3 is 7.60 Å². The molecule has 7 N–H and O–H groups in total. The first kappa shape index (κ1) is 21.8. The maximum atomic E-state index is 12.2. The summed E-state index contributed by atoms with van der Waals surface area (Å²) < 4.78 is 22.3. The fourth-order valence-corrected chi connectivity index (χ4v) is 3.14. The molecule has 0 saturated carbocycles. The molecule has 11 heteroatoms. The molecule has 1 amide bonds. The van der Waals surface area contributed by atoms with E-state index < -0.39 is 19.5 Å². The predicted molar refractivity (Wildman–Crippen MR) is 87.1 cm³/mol. The molecule has 0 radical (unpaired) electrons. The number of hydrogen-bond donors (Lipinski definition) is 5. The molecule has 136 valence electrons.